The van der Waals surface area contributed by atoms with E-state index in [4.69, 9.17) is 9.47 Å². The van der Waals surface area contributed by atoms with Crippen molar-refractivity contribution < 1.29 is 19.1 Å². The number of esters is 2. The predicted octanol–water partition coefficient (Wildman–Crippen LogP) is 3.93. The fourth-order valence-corrected chi connectivity index (χ4v) is 2.31. The summed E-state index contributed by atoms with van der Waals surface area (Å²) in [5.74, 6) is -1.45. The summed E-state index contributed by atoms with van der Waals surface area (Å²) >= 11 is 0. The van der Waals surface area contributed by atoms with E-state index in [0.29, 0.717) is 0 Å². The Labute approximate surface area is 143 Å². The Kier molecular flexibility index (Phi) is 6.75. The van der Waals surface area contributed by atoms with Crippen molar-refractivity contribution >= 4 is 17.5 Å². The van der Waals surface area contributed by atoms with Crippen LogP contribution in [0.4, 0.5) is 0 Å². The highest BCUT2D eigenvalue weighted by Gasteiger charge is 2.28. The van der Waals surface area contributed by atoms with Gasteiger partial charge in [-0.3, -0.25) is 0 Å². The summed E-state index contributed by atoms with van der Waals surface area (Å²) in [5, 5.41) is 0. The van der Waals surface area contributed by atoms with Crippen LogP contribution in [0.3, 0.4) is 0 Å². The smallest absolute Gasteiger partial charge is 0.344 e. The third-order valence-corrected chi connectivity index (χ3v) is 3.40. The summed E-state index contributed by atoms with van der Waals surface area (Å²) < 4.78 is 9.41. The van der Waals surface area contributed by atoms with Crippen molar-refractivity contribution in [3.63, 3.8) is 0 Å². The van der Waals surface area contributed by atoms with Crippen LogP contribution in [0.25, 0.3) is 5.57 Å². The molecule has 0 unspecified atom stereocenters. The highest BCUT2D eigenvalue weighted by atomic mass is 16.5. The molecule has 24 heavy (non-hydrogen) atoms. The first-order chi connectivity index (χ1) is 11.2. The van der Waals surface area contributed by atoms with Gasteiger partial charge in [-0.05, 0) is 25.0 Å². The minimum atomic E-state index is -0.723. The summed E-state index contributed by atoms with van der Waals surface area (Å²) in [6, 6.07) is 9.74. The van der Waals surface area contributed by atoms with E-state index in [1.807, 2.05) is 58.0 Å². The summed E-state index contributed by atoms with van der Waals surface area (Å²) in [6.07, 6.45) is 1.57. The first-order valence-corrected chi connectivity index (χ1v) is 7.62. The minimum absolute atomic E-state index is 0.131. The lowest BCUT2D eigenvalue weighted by atomic mass is 9.79. The van der Waals surface area contributed by atoms with Gasteiger partial charge in [0.05, 0.1) is 14.2 Å². The number of carbonyl (C=O) groups is 2. The summed E-state index contributed by atoms with van der Waals surface area (Å²) in [5.41, 5.74) is 5.40. The van der Waals surface area contributed by atoms with E-state index in [-0.39, 0.29) is 5.57 Å². The average molecular weight is 328 g/mol. The van der Waals surface area contributed by atoms with Crippen LogP contribution in [0.2, 0.25) is 0 Å². The molecule has 0 bridgehead atoms. The molecule has 0 N–H and O–H groups in total. The second-order valence-electron chi connectivity index (χ2n) is 6.13. The Morgan fingerprint density at radius 2 is 1.50 bits per heavy atom. The predicted molar refractivity (Wildman–Crippen MR) is 94.1 cm³/mol. The van der Waals surface area contributed by atoms with E-state index in [0.717, 1.165) is 16.7 Å². The Hall–Kier alpha value is -2.58. The number of ether oxygens (including phenoxy) is 2. The van der Waals surface area contributed by atoms with Gasteiger partial charge >= 0.3 is 11.9 Å². The summed E-state index contributed by atoms with van der Waals surface area (Å²) in [4.78, 5) is 23.9. The lowest BCUT2D eigenvalue weighted by molar-refractivity contribution is -0.144. The lowest BCUT2D eigenvalue weighted by Gasteiger charge is -2.24. The molecule has 0 amide bonds. The highest BCUT2D eigenvalue weighted by molar-refractivity contribution is 6.14. The molecule has 4 heteroatoms. The van der Waals surface area contributed by atoms with Crippen molar-refractivity contribution in [1.82, 2.24) is 0 Å². The van der Waals surface area contributed by atoms with Gasteiger partial charge in [-0.25, -0.2) is 9.59 Å². The first kappa shape index (κ1) is 19.5. The number of allylic oxidation sites excluding steroid dienone is 2. The molecule has 4 nitrogen and oxygen atoms in total. The third kappa shape index (κ3) is 4.97. The van der Waals surface area contributed by atoms with E-state index >= 15 is 0 Å². The number of benzene rings is 1. The van der Waals surface area contributed by atoms with Crippen molar-refractivity contribution in [3.8, 4) is 0 Å². The van der Waals surface area contributed by atoms with Gasteiger partial charge in [0.15, 0.2) is 0 Å². The number of hydrogen-bond acceptors (Lipinski definition) is 4. The topological polar surface area (TPSA) is 52.6 Å². The van der Waals surface area contributed by atoms with Crippen molar-refractivity contribution in [2.75, 3.05) is 14.2 Å². The maximum atomic E-state index is 11.9. The zero-order valence-electron chi connectivity index (χ0n) is 15.1. The van der Waals surface area contributed by atoms with E-state index in [1.54, 1.807) is 6.08 Å². The van der Waals surface area contributed by atoms with Crippen LogP contribution in [-0.2, 0) is 19.1 Å². The number of carbonyl (C=O) groups excluding carboxylic acids is 2. The molecule has 0 aliphatic heterocycles. The molecule has 0 spiro atoms. The summed E-state index contributed by atoms with van der Waals surface area (Å²) in [6.45, 7) is 7.73. The van der Waals surface area contributed by atoms with Crippen molar-refractivity contribution in [2.24, 2.45) is 5.41 Å². The zero-order chi connectivity index (χ0) is 18.3. The molecule has 1 aromatic carbocycles. The van der Waals surface area contributed by atoms with Gasteiger partial charge in [-0.1, -0.05) is 50.3 Å². The Balaban J connectivity index is 3.56. The van der Waals surface area contributed by atoms with E-state index < -0.39 is 17.4 Å². The van der Waals surface area contributed by atoms with E-state index in [1.165, 1.54) is 14.2 Å². The maximum Gasteiger partial charge on any atom is 0.344 e. The second-order valence-corrected chi connectivity index (χ2v) is 6.13. The molecule has 1 rings (SSSR count). The van der Waals surface area contributed by atoms with Crippen molar-refractivity contribution in [3.05, 3.63) is 58.8 Å². The molecule has 0 aliphatic rings. The van der Waals surface area contributed by atoms with Gasteiger partial charge in [0, 0.05) is 11.0 Å². The fraction of sp³-hybridized carbons (Fsp3) is 0.350. The molecule has 0 heterocycles. The number of hydrogen-bond donors (Lipinski definition) is 0. The minimum Gasteiger partial charge on any atom is -0.465 e. The molecule has 0 fully saturated rings. The van der Waals surface area contributed by atoms with Crippen molar-refractivity contribution in [1.29, 1.82) is 0 Å². The Morgan fingerprint density at radius 1 is 1.00 bits per heavy atom. The monoisotopic (exact) mass is 328 g/mol. The number of methoxy groups -OCH3 is 2. The van der Waals surface area contributed by atoms with Crippen LogP contribution >= 0.6 is 0 Å². The second kappa shape index (κ2) is 8.32. The molecular weight excluding hydrogens is 304 g/mol. The molecule has 0 atom stereocenters. The molecule has 0 aliphatic carbocycles. The first-order valence-electron chi connectivity index (χ1n) is 7.62. The Bertz CT molecular complexity index is 680. The van der Waals surface area contributed by atoms with Gasteiger partial charge in [0.2, 0.25) is 0 Å². The van der Waals surface area contributed by atoms with E-state index in [2.05, 4.69) is 5.73 Å². The van der Waals surface area contributed by atoms with E-state index in [9.17, 15) is 9.59 Å². The SMILES string of the molecule is COC(=O)C(=CC(C)(C)C(=C=C(C)C)c1ccccc1)C(=O)OC. The van der Waals surface area contributed by atoms with Crippen LogP contribution < -0.4 is 0 Å². The summed E-state index contributed by atoms with van der Waals surface area (Å²) in [7, 11) is 2.46. The van der Waals surface area contributed by atoms with Gasteiger partial charge < -0.3 is 9.47 Å². The van der Waals surface area contributed by atoms with Crippen LogP contribution in [0, 0.1) is 5.41 Å². The molecular formula is C20H24O4. The molecule has 1 aromatic rings. The fourth-order valence-electron chi connectivity index (χ4n) is 2.31. The van der Waals surface area contributed by atoms with Crippen LogP contribution in [-0.4, -0.2) is 26.2 Å². The molecule has 0 radical (unpaired) electrons. The maximum absolute atomic E-state index is 11.9. The van der Waals surface area contributed by atoms with Gasteiger partial charge in [0.1, 0.15) is 5.57 Å². The molecule has 0 saturated heterocycles. The number of rotatable bonds is 5. The molecule has 0 aromatic heterocycles. The Morgan fingerprint density at radius 3 is 1.92 bits per heavy atom. The zero-order valence-corrected chi connectivity index (χ0v) is 15.1. The lowest BCUT2D eigenvalue weighted by Crippen LogP contribution is -2.20. The van der Waals surface area contributed by atoms with Gasteiger partial charge in [0.25, 0.3) is 0 Å². The average Bonchev–Trinajstić information content (AvgIpc) is 2.56. The standard InChI is InChI=1S/C20H24O4/c1-14(2)12-17(15-10-8-7-9-11-15)20(3,4)13-16(18(21)23-5)19(22)24-6/h7-11,13H,1-6H3. The quantitative estimate of drug-likeness (QED) is 0.270. The highest BCUT2D eigenvalue weighted by Crippen LogP contribution is 2.36. The van der Waals surface area contributed by atoms with Crippen LogP contribution in [0.5, 0.6) is 0 Å². The van der Waals surface area contributed by atoms with Crippen molar-refractivity contribution in [2.45, 2.75) is 27.7 Å². The molecule has 0 saturated carbocycles. The van der Waals surface area contributed by atoms with Crippen LogP contribution in [0.15, 0.2) is 53.3 Å². The van der Waals surface area contributed by atoms with Gasteiger partial charge in [-0.2, -0.15) is 0 Å². The normalized spacial score (nSPS) is 10.2. The third-order valence-electron chi connectivity index (χ3n) is 3.40. The van der Waals surface area contributed by atoms with Crippen LogP contribution in [0.1, 0.15) is 33.3 Å². The largest absolute Gasteiger partial charge is 0.465 e. The van der Waals surface area contributed by atoms with Gasteiger partial charge in [-0.15, -0.1) is 5.73 Å². The molecule has 128 valence electrons.